The van der Waals surface area contributed by atoms with Gasteiger partial charge in [0.1, 0.15) is 44.8 Å². The van der Waals surface area contributed by atoms with Crippen LogP contribution in [0.5, 0.6) is 0 Å². The van der Waals surface area contributed by atoms with Crippen molar-refractivity contribution in [3.05, 3.63) is 245 Å². The number of hydrogen-bond acceptors (Lipinski definition) is 28. The number of carbonyl (C=O) groups is 4. The van der Waals surface area contributed by atoms with Gasteiger partial charge in [0.25, 0.3) is 0 Å². The van der Waals surface area contributed by atoms with Crippen LogP contribution in [-0.4, -0.2) is 202 Å². The van der Waals surface area contributed by atoms with E-state index in [-0.39, 0.29) is 41.4 Å². The van der Waals surface area contributed by atoms with Crippen LogP contribution < -0.4 is 21.3 Å². The fourth-order valence-corrected chi connectivity index (χ4v) is 18.2. The number of amides is 4. The first kappa shape index (κ1) is 90.8. The number of nitrogens with one attached hydrogen (secondary N) is 12. The van der Waals surface area contributed by atoms with Gasteiger partial charge in [0.15, 0.2) is 45.9 Å². The minimum atomic E-state index is -0.0175. The molecule has 24 heterocycles. The number of pyridine rings is 12. The maximum Gasteiger partial charge on any atom is 0.227 e. The van der Waals surface area contributed by atoms with Gasteiger partial charge in [-0.3, -0.25) is 79.4 Å². The van der Waals surface area contributed by atoms with Crippen LogP contribution in [0.1, 0.15) is 107 Å². The van der Waals surface area contributed by atoms with E-state index in [1.54, 1.807) is 149 Å². The van der Waals surface area contributed by atoms with Crippen LogP contribution in [0, 0.1) is 45.4 Å². The number of aryl methyl sites for hydroxylation is 4. The third-order valence-corrected chi connectivity index (χ3v) is 26.3. The molecule has 0 aliphatic heterocycles. The number of fused-ring (bicyclic) bond motifs is 8. The molecule has 3 aliphatic carbocycles. The molecule has 0 saturated heterocycles. The molecule has 148 heavy (non-hydrogen) atoms. The van der Waals surface area contributed by atoms with Crippen LogP contribution in [-0.2, 0) is 19.2 Å². The third-order valence-electron chi connectivity index (χ3n) is 26.3. The maximum absolute atomic E-state index is 12.6. The zero-order chi connectivity index (χ0) is 100. The highest BCUT2D eigenvalue weighted by atomic mass is 16.2. The van der Waals surface area contributed by atoms with E-state index in [0.29, 0.717) is 80.8 Å². The molecule has 3 saturated carbocycles. The molecule has 0 aromatic carbocycles. The summed E-state index contributed by atoms with van der Waals surface area (Å²) >= 11 is 0. The number of anilines is 4. The first-order valence-corrected chi connectivity index (χ1v) is 48.3. The summed E-state index contributed by atoms with van der Waals surface area (Å²) in [6.45, 7) is 9.82. The molecule has 44 nitrogen and oxygen atoms in total. The van der Waals surface area contributed by atoms with Crippen molar-refractivity contribution in [2.75, 3.05) is 21.3 Å². The molecule has 0 radical (unpaired) electrons. The molecule has 24 aromatic rings. The van der Waals surface area contributed by atoms with Crippen molar-refractivity contribution in [1.82, 2.24) is 179 Å². The molecule has 4 amide bonds. The summed E-state index contributed by atoms with van der Waals surface area (Å²) in [4.78, 5) is 152. The first-order valence-electron chi connectivity index (χ1n) is 48.3. The van der Waals surface area contributed by atoms with E-state index in [1.165, 1.54) is 0 Å². The number of nitrogens with zero attached hydrogens (tertiary/aromatic N) is 28. The number of carbonyl (C=O) groups excluding carboxylic acids is 4. The molecule has 0 unspecified atom stereocenters. The minimum absolute atomic E-state index is 0.0175. The van der Waals surface area contributed by atoms with Crippen LogP contribution in [0.25, 0.3) is 202 Å². The summed E-state index contributed by atoms with van der Waals surface area (Å²) in [5.74, 6) is 2.97. The molecule has 0 bridgehead atoms. The van der Waals surface area contributed by atoms with Gasteiger partial charge < -0.3 is 59.5 Å². The topological polar surface area (TPSA) is 572 Å². The Kier molecular flexibility index (Phi) is 23.7. The van der Waals surface area contributed by atoms with Crippen molar-refractivity contribution >= 4 is 135 Å². The monoisotopic (exact) mass is 1960 g/mol. The predicted octanol–water partition coefficient (Wildman–Crippen LogP) is 17.2. The second-order valence-electron chi connectivity index (χ2n) is 36.9. The zero-order valence-corrected chi connectivity index (χ0v) is 80.2. The zero-order valence-electron chi connectivity index (χ0n) is 80.2. The van der Waals surface area contributed by atoms with E-state index >= 15 is 0 Å². The fourth-order valence-electron chi connectivity index (χ4n) is 18.2. The SMILES string of the molecule is CCCCC(=O)Nc1cncc(-c2cnc3n[nH]c(-c4nc5c(-n6cnc(C)c6)cncc5[nH]4)c3c2)c1.Cc1cn(-c2cncc3[nH]c(-c4[nH]nc5ncc(-c6cncc(NC(=O)C7CC7)c6)cc45)nc23)cn1.Cc1cn(-c2cncc3[nH]c(-c4[nH]nc5ncc(-c6cncc(NC(=O)C7CCC7)c6)cc45)nc23)cn1.Cc1cn(-c2cncc3[nH]c(-c4[nH]nc5ncc(-c6cncc(NC(=O)C7CCCC7)c6)cc45)nc23)cn1. The van der Waals surface area contributed by atoms with Gasteiger partial charge in [-0.05, 0) is 121 Å². The summed E-state index contributed by atoms with van der Waals surface area (Å²) in [7, 11) is 0. The highest BCUT2D eigenvalue weighted by Crippen LogP contribution is 2.40. The highest BCUT2D eigenvalue weighted by molar-refractivity contribution is 6.02. The quantitative estimate of drug-likeness (QED) is 0.0300. The van der Waals surface area contributed by atoms with Gasteiger partial charge in [0.05, 0.1) is 212 Å². The Morgan fingerprint density at radius 3 is 0.824 bits per heavy atom. The van der Waals surface area contributed by atoms with Gasteiger partial charge in [-0.15, -0.1) is 0 Å². The van der Waals surface area contributed by atoms with Gasteiger partial charge >= 0.3 is 0 Å². The normalized spacial score (nSPS) is 13.2. The van der Waals surface area contributed by atoms with Crippen molar-refractivity contribution in [1.29, 1.82) is 0 Å². The summed E-state index contributed by atoms with van der Waals surface area (Å²) in [5, 5.41) is 44.9. The van der Waals surface area contributed by atoms with E-state index in [9.17, 15) is 19.2 Å². The largest absolute Gasteiger partial charge is 0.335 e. The molecule has 0 atom stereocenters. The van der Waals surface area contributed by atoms with E-state index < -0.39 is 0 Å². The first-order chi connectivity index (χ1) is 72.4. The van der Waals surface area contributed by atoms with E-state index in [1.807, 2.05) is 119 Å². The van der Waals surface area contributed by atoms with Crippen molar-refractivity contribution in [3.8, 4) is 113 Å². The minimum Gasteiger partial charge on any atom is -0.335 e. The lowest BCUT2D eigenvalue weighted by Crippen LogP contribution is -2.28. The summed E-state index contributed by atoms with van der Waals surface area (Å²) in [5.41, 5.74) is 27.8. The number of rotatable bonds is 22. The lowest BCUT2D eigenvalue weighted by molar-refractivity contribution is -0.122. The van der Waals surface area contributed by atoms with Gasteiger partial charge in [-0.2, -0.15) is 20.4 Å². The standard InChI is InChI=1S/C27H24N10O.C26H22N10O.C26H24N10O.C25H20N10O/c1-15-13-37(14-31-15)22-12-29-11-21-24(22)34-26(33-21)23-20-7-18(9-30-25(20)36-35-23)17-6-19(10-28-8-17)32-27(38)16-4-2-3-5-16;1-14-12-36(13-30-14)21-11-28-10-20-23(21)33-25(32-20)22-19-6-17(8-29-24(19)35-34-22)16-5-18(9-27-7-16)31-26(37)15-3-2-4-15;1-3-4-5-22(37)31-18-6-16(8-27-10-18)17-7-19-23(34-35-25(19)29-9-17)26-32-20-11-28-12-21(24(20)33-26)36-13-15(2)30-14-36;1-13-11-35(12-29-13)20-10-27-9-19-22(20)32-24(31-19)21-18-5-16(7-28-23(18)34-33-21)15-4-17(8-26-6-15)30-25(36)14-2-3-14/h6-14,16H,2-5H2,1H3,(H,32,38)(H,33,34)(H,30,35,36);5-13,15H,2-4H2,1H3,(H,31,37)(H,32,33)(H,29,34,35);6-14H,3-5H2,1-2H3,(H,31,37)(H,32,33)(H,29,34,35);4-12,14H,2-3H2,1H3,(H,30,36)(H,31,32)(H,28,33,34). The molecule has 3 fully saturated rings. The maximum atomic E-state index is 12.6. The van der Waals surface area contributed by atoms with Crippen LogP contribution in [0.2, 0.25) is 0 Å². The van der Waals surface area contributed by atoms with Crippen LogP contribution in [0.4, 0.5) is 22.7 Å². The molecular weight excluding hydrogens is 1870 g/mol. The van der Waals surface area contributed by atoms with E-state index in [4.69, 9.17) is 19.9 Å². The van der Waals surface area contributed by atoms with Gasteiger partial charge in [0.2, 0.25) is 23.6 Å². The molecule has 0 spiro atoms. The number of imidazole rings is 8. The average Bonchev–Trinajstić information content (AvgIpc) is 1.62. The Morgan fingerprint density at radius 2 is 0.568 bits per heavy atom. The molecule has 12 N–H and O–H groups in total. The smallest absolute Gasteiger partial charge is 0.227 e. The van der Waals surface area contributed by atoms with E-state index in [0.717, 1.165) is 243 Å². The van der Waals surface area contributed by atoms with Crippen molar-refractivity contribution in [2.45, 2.75) is 112 Å². The molecular formula is C104H90N40O4. The number of aromatic amines is 8. The summed E-state index contributed by atoms with van der Waals surface area (Å²) in [6.07, 6.45) is 60.8. The lowest BCUT2D eigenvalue weighted by atomic mass is 9.85. The number of unbranched alkanes of at least 4 members (excludes halogenated alkanes) is 1. The van der Waals surface area contributed by atoms with Gasteiger partial charge in [-0.25, -0.2) is 59.8 Å². The third kappa shape index (κ3) is 18.4. The second kappa shape index (κ2) is 38.6. The van der Waals surface area contributed by atoms with Crippen molar-refractivity contribution < 1.29 is 19.2 Å². The second-order valence-corrected chi connectivity index (χ2v) is 36.9. The Morgan fingerprint density at radius 1 is 0.304 bits per heavy atom. The fraction of sp³-hybridized carbons (Fsp3) is 0.192. The highest BCUT2D eigenvalue weighted by Gasteiger charge is 2.32. The average molecular weight is 1960 g/mol. The number of aromatic nitrogens is 36. The Labute approximate surface area is 837 Å². The molecule has 44 heteroatoms. The predicted molar refractivity (Wildman–Crippen MR) is 554 cm³/mol. The van der Waals surface area contributed by atoms with E-state index in [2.05, 4.69) is 169 Å². The molecule has 3 aliphatic rings. The number of H-pyrrole nitrogens is 8. The Balaban J connectivity index is 0.000000105. The van der Waals surface area contributed by atoms with Gasteiger partial charge in [0, 0.05) is 143 Å². The lowest BCUT2D eigenvalue weighted by Gasteiger charge is -2.24. The van der Waals surface area contributed by atoms with Crippen LogP contribution >= 0.6 is 0 Å². The van der Waals surface area contributed by atoms with Crippen molar-refractivity contribution in [2.24, 2.45) is 17.8 Å². The number of hydrogen-bond donors (Lipinski definition) is 12. The molecule has 730 valence electrons. The Hall–Kier alpha value is -19.7. The molecule has 24 aromatic heterocycles. The van der Waals surface area contributed by atoms with Crippen LogP contribution in [0.15, 0.2) is 223 Å². The van der Waals surface area contributed by atoms with Crippen molar-refractivity contribution in [3.63, 3.8) is 0 Å². The van der Waals surface area contributed by atoms with Gasteiger partial charge in [-0.1, -0.05) is 32.6 Å². The molecule has 27 rings (SSSR count). The Bertz CT molecular complexity index is 9220. The van der Waals surface area contributed by atoms with Crippen LogP contribution in [0.3, 0.4) is 0 Å². The summed E-state index contributed by atoms with van der Waals surface area (Å²) in [6, 6.07) is 15.6. The summed E-state index contributed by atoms with van der Waals surface area (Å²) < 4.78 is 7.62.